The molecule has 2 aromatic carbocycles. The van der Waals surface area contributed by atoms with E-state index < -0.39 is 23.1 Å². The number of furan rings is 1. The number of Topliss-reactive ketones (excluding diaryl/α,β-unsaturated/α-hetero) is 1. The second-order valence-corrected chi connectivity index (χ2v) is 9.10. The molecule has 1 unspecified atom stereocenters. The van der Waals surface area contributed by atoms with Crippen LogP contribution in [0.4, 0.5) is 0 Å². The van der Waals surface area contributed by atoms with Gasteiger partial charge in [0.1, 0.15) is 18.1 Å². The molecule has 3 aromatic rings. The fraction of sp³-hybridized carbons (Fsp3) is 0.259. The van der Waals surface area contributed by atoms with Crippen LogP contribution in [0.25, 0.3) is 0 Å². The van der Waals surface area contributed by atoms with Crippen LogP contribution in [0.3, 0.4) is 0 Å². The number of nitrogens with zero attached hydrogens (tertiary/aromatic N) is 1. The number of benzene rings is 2. The summed E-state index contributed by atoms with van der Waals surface area (Å²) in [5.74, 6) is -0.135. The predicted octanol–water partition coefficient (Wildman–Crippen LogP) is 5.37. The number of aliphatic hydroxyl groups excluding tert-OH is 1. The van der Waals surface area contributed by atoms with Gasteiger partial charge in [0.15, 0.2) is 11.5 Å². The largest absolute Gasteiger partial charge is 0.503 e. The summed E-state index contributed by atoms with van der Waals surface area (Å²) in [5.41, 5.74) is 1.11. The minimum Gasteiger partial charge on any atom is -0.503 e. The van der Waals surface area contributed by atoms with E-state index in [1.165, 1.54) is 11.2 Å². The molecule has 2 heterocycles. The van der Waals surface area contributed by atoms with Crippen molar-refractivity contribution in [1.29, 1.82) is 0 Å². The fourth-order valence-corrected chi connectivity index (χ4v) is 3.86. The minimum absolute atomic E-state index is 0.108. The number of ether oxygens (including phenoxy) is 1. The molecule has 1 aliphatic rings. The first-order valence-corrected chi connectivity index (χ1v) is 10.8. The van der Waals surface area contributed by atoms with Gasteiger partial charge in [-0.3, -0.25) is 9.59 Å². The summed E-state index contributed by atoms with van der Waals surface area (Å²) in [6, 6.07) is 19.9. The Labute approximate surface area is 193 Å². The Morgan fingerprint density at radius 2 is 1.73 bits per heavy atom. The number of hydrogen-bond acceptors (Lipinski definition) is 5. The highest BCUT2D eigenvalue weighted by molar-refractivity contribution is 6.10. The number of aliphatic hydroxyl groups is 1. The van der Waals surface area contributed by atoms with Crippen molar-refractivity contribution in [2.45, 2.75) is 40.0 Å². The molecule has 0 fully saturated rings. The Kier molecular flexibility index (Phi) is 6.09. The molecule has 1 aromatic heterocycles. The highest BCUT2D eigenvalue weighted by atomic mass is 16.5. The maximum atomic E-state index is 13.2. The second-order valence-electron chi connectivity index (χ2n) is 9.10. The van der Waals surface area contributed by atoms with Crippen LogP contribution in [-0.4, -0.2) is 21.7 Å². The van der Waals surface area contributed by atoms with E-state index in [1.54, 1.807) is 32.9 Å². The van der Waals surface area contributed by atoms with Crippen LogP contribution < -0.4 is 4.74 Å². The van der Waals surface area contributed by atoms with Gasteiger partial charge >= 0.3 is 0 Å². The topological polar surface area (TPSA) is 80.0 Å². The Morgan fingerprint density at radius 1 is 1.03 bits per heavy atom. The van der Waals surface area contributed by atoms with E-state index in [0.717, 1.165) is 5.56 Å². The van der Waals surface area contributed by atoms with E-state index in [0.29, 0.717) is 23.7 Å². The Bertz CT molecular complexity index is 1160. The van der Waals surface area contributed by atoms with E-state index in [9.17, 15) is 14.7 Å². The molecule has 1 amide bonds. The Morgan fingerprint density at radius 3 is 2.33 bits per heavy atom. The lowest BCUT2D eigenvalue weighted by atomic mass is 9.82. The highest BCUT2D eigenvalue weighted by Crippen LogP contribution is 2.42. The monoisotopic (exact) mass is 445 g/mol. The van der Waals surface area contributed by atoms with E-state index in [-0.39, 0.29) is 17.9 Å². The molecular weight excluding hydrogens is 418 g/mol. The molecule has 6 nitrogen and oxygen atoms in total. The normalized spacial score (nSPS) is 16.4. The minimum atomic E-state index is -0.763. The Hall–Kier alpha value is -3.80. The molecule has 0 bridgehead atoms. The maximum absolute atomic E-state index is 13.2. The first-order chi connectivity index (χ1) is 15.8. The van der Waals surface area contributed by atoms with Crippen molar-refractivity contribution in [3.63, 3.8) is 0 Å². The third-order valence-corrected chi connectivity index (χ3v) is 5.58. The zero-order valence-corrected chi connectivity index (χ0v) is 18.9. The third-order valence-electron chi connectivity index (χ3n) is 5.58. The summed E-state index contributed by atoms with van der Waals surface area (Å²) in [6.07, 6.45) is 1.53. The van der Waals surface area contributed by atoms with Gasteiger partial charge in [0.25, 0.3) is 5.91 Å². The quantitative estimate of drug-likeness (QED) is 0.529. The van der Waals surface area contributed by atoms with Crippen LogP contribution in [0.2, 0.25) is 0 Å². The summed E-state index contributed by atoms with van der Waals surface area (Å²) in [7, 11) is 0. The average Bonchev–Trinajstić information content (AvgIpc) is 3.40. The standard InChI is InChI=1S/C27H27NO5/c1-27(2,3)25(30)22-23(28(26(31)24(22)29)16-21-10-7-15-32-21)19-11-13-20(14-12-19)33-17-18-8-5-4-6-9-18/h4-15,23,29H,16-17H2,1-3H3. The van der Waals surface area contributed by atoms with Crippen molar-refractivity contribution < 1.29 is 23.8 Å². The molecule has 6 heteroatoms. The summed E-state index contributed by atoms with van der Waals surface area (Å²) in [5, 5.41) is 10.7. The van der Waals surface area contributed by atoms with Crippen molar-refractivity contribution in [2.24, 2.45) is 5.41 Å². The average molecular weight is 446 g/mol. The van der Waals surface area contributed by atoms with Crippen molar-refractivity contribution in [3.8, 4) is 5.75 Å². The maximum Gasteiger partial charge on any atom is 0.290 e. The van der Waals surface area contributed by atoms with Gasteiger partial charge in [-0.2, -0.15) is 0 Å². The van der Waals surface area contributed by atoms with E-state index >= 15 is 0 Å². The molecule has 170 valence electrons. The number of amides is 1. The predicted molar refractivity (Wildman–Crippen MR) is 123 cm³/mol. The van der Waals surface area contributed by atoms with Gasteiger partial charge in [-0.15, -0.1) is 0 Å². The highest BCUT2D eigenvalue weighted by Gasteiger charge is 2.46. The molecular formula is C27H27NO5. The lowest BCUT2D eigenvalue weighted by Gasteiger charge is -2.28. The van der Waals surface area contributed by atoms with Gasteiger partial charge in [0, 0.05) is 5.41 Å². The zero-order chi connectivity index (χ0) is 23.6. The molecule has 0 aliphatic carbocycles. The summed E-state index contributed by atoms with van der Waals surface area (Å²) >= 11 is 0. The van der Waals surface area contributed by atoms with Gasteiger partial charge in [0.2, 0.25) is 0 Å². The van der Waals surface area contributed by atoms with E-state index in [4.69, 9.17) is 9.15 Å². The summed E-state index contributed by atoms with van der Waals surface area (Å²) in [6.45, 7) is 5.88. The lowest BCUT2D eigenvalue weighted by Crippen LogP contribution is -2.32. The third kappa shape index (κ3) is 4.70. The number of rotatable bonds is 7. The zero-order valence-electron chi connectivity index (χ0n) is 18.9. The van der Waals surface area contributed by atoms with Crippen molar-refractivity contribution in [2.75, 3.05) is 0 Å². The van der Waals surface area contributed by atoms with Crippen molar-refractivity contribution in [1.82, 2.24) is 4.90 Å². The molecule has 0 saturated heterocycles. The van der Waals surface area contributed by atoms with Crippen LogP contribution in [-0.2, 0) is 22.7 Å². The van der Waals surface area contributed by atoms with E-state index in [2.05, 4.69) is 0 Å². The number of hydrogen-bond donors (Lipinski definition) is 1. The number of carbonyl (C=O) groups is 2. The fourth-order valence-electron chi connectivity index (χ4n) is 3.86. The van der Waals surface area contributed by atoms with E-state index in [1.807, 2.05) is 54.6 Å². The first kappa shape index (κ1) is 22.4. The first-order valence-electron chi connectivity index (χ1n) is 10.8. The molecule has 1 atom stereocenters. The van der Waals surface area contributed by atoms with Crippen LogP contribution in [0.15, 0.2) is 88.7 Å². The molecule has 0 radical (unpaired) electrons. The summed E-state index contributed by atoms with van der Waals surface area (Å²) in [4.78, 5) is 27.7. The van der Waals surface area contributed by atoms with Crippen LogP contribution in [0, 0.1) is 5.41 Å². The molecule has 0 spiro atoms. The summed E-state index contributed by atoms with van der Waals surface area (Å²) < 4.78 is 11.3. The van der Waals surface area contributed by atoms with Crippen LogP contribution in [0.1, 0.15) is 43.7 Å². The Balaban J connectivity index is 1.64. The number of carbonyl (C=O) groups excluding carboxylic acids is 2. The van der Waals surface area contributed by atoms with Crippen LogP contribution in [0.5, 0.6) is 5.75 Å². The SMILES string of the molecule is CC(C)(C)C(=O)C1=C(O)C(=O)N(Cc2ccco2)C1c1ccc(OCc2ccccc2)cc1. The van der Waals surface area contributed by atoms with Gasteiger partial charge in [-0.25, -0.2) is 0 Å². The smallest absolute Gasteiger partial charge is 0.290 e. The van der Waals surface area contributed by atoms with Gasteiger partial charge < -0.3 is 19.2 Å². The molecule has 0 saturated carbocycles. The van der Waals surface area contributed by atoms with Gasteiger partial charge in [-0.1, -0.05) is 63.2 Å². The van der Waals surface area contributed by atoms with Gasteiger partial charge in [-0.05, 0) is 35.4 Å². The van der Waals surface area contributed by atoms with Crippen molar-refractivity contribution in [3.05, 3.63) is 101 Å². The number of ketones is 1. The van der Waals surface area contributed by atoms with Crippen LogP contribution >= 0.6 is 0 Å². The molecule has 4 rings (SSSR count). The molecule has 1 N–H and O–H groups in total. The molecule has 33 heavy (non-hydrogen) atoms. The second kappa shape index (κ2) is 8.98. The lowest BCUT2D eigenvalue weighted by molar-refractivity contribution is -0.130. The van der Waals surface area contributed by atoms with Crippen molar-refractivity contribution >= 4 is 11.7 Å². The molecule has 1 aliphatic heterocycles. The van der Waals surface area contributed by atoms with Gasteiger partial charge in [0.05, 0.1) is 24.4 Å².